The Morgan fingerprint density at radius 3 is 2.79 bits per heavy atom. The number of ether oxygens (including phenoxy) is 1. The van der Waals surface area contributed by atoms with Gasteiger partial charge in [-0.3, -0.25) is 0 Å². The first-order chi connectivity index (χ1) is 9.17. The van der Waals surface area contributed by atoms with Crippen LogP contribution in [-0.4, -0.2) is 28.4 Å². The summed E-state index contributed by atoms with van der Waals surface area (Å²) >= 11 is 0. The lowest BCUT2D eigenvalue weighted by atomic mass is 9.89. The van der Waals surface area contributed by atoms with Crippen LogP contribution < -0.4 is 5.32 Å². The van der Waals surface area contributed by atoms with E-state index in [-0.39, 0.29) is 5.60 Å². The van der Waals surface area contributed by atoms with E-state index in [4.69, 9.17) is 9.26 Å². The van der Waals surface area contributed by atoms with Gasteiger partial charge in [0.15, 0.2) is 5.82 Å². The number of nitrogens with zero attached hydrogens (tertiary/aromatic N) is 2. The minimum Gasteiger partial charge on any atom is -0.375 e. The first-order valence-corrected chi connectivity index (χ1v) is 7.41. The molecule has 2 heterocycles. The van der Waals surface area contributed by atoms with Crippen LogP contribution in [0.4, 0.5) is 6.01 Å². The smallest absolute Gasteiger partial charge is 0.321 e. The third-order valence-electron chi connectivity index (χ3n) is 4.29. The molecular weight excluding hydrogens is 242 g/mol. The Morgan fingerprint density at radius 2 is 2.11 bits per heavy atom. The maximum absolute atomic E-state index is 6.03. The van der Waals surface area contributed by atoms with Gasteiger partial charge >= 0.3 is 6.01 Å². The Hall–Kier alpha value is -1.10. The predicted molar refractivity (Wildman–Crippen MR) is 72.2 cm³/mol. The van der Waals surface area contributed by atoms with E-state index in [1.54, 1.807) is 0 Å². The second kappa shape index (κ2) is 5.12. The van der Waals surface area contributed by atoms with E-state index in [1.165, 1.54) is 25.7 Å². The molecule has 1 aliphatic heterocycles. The van der Waals surface area contributed by atoms with Crippen molar-refractivity contribution in [3.8, 4) is 0 Å². The van der Waals surface area contributed by atoms with Crippen LogP contribution in [0, 0.1) is 0 Å². The molecule has 0 aromatic carbocycles. The Balaban J connectivity index is 1.62. The number of hydrogen-bond donors (Lipinski definition) is 1. The molecule has 1 aromatic heterocycles. The van der Waals surface area contributed by atoms with Crippen LogP contribution in [0.15, 0.2) is 4.52 Å². The molecule has 2 fully saturated rings. The highest BCUT2D eigenvalue weighted by Crippen LogP contribution is 2.40. The lowest BCUT2D eigenvalue weighted by Gasteiger charge is -2.38. The maximum Gasteiger partial charge on any atom is 0.321 e. The van der Waals surface area contributed by atoms with Crippen LogP contribution in [0.5, 0.6) is 0 Å². The standard InChI is InChI=1S/C14H23N3O2/c1-10(2)12-16-13(19-17-12)15-11-5-8-18-14(9-11)6-3-4-7-14/h10-11H,3-9H2,1-2H3,(H,15,16,17). The monoisotopic (exact) mass is 265 g/mol. The molecule has 1 N–H and O–H groups in total. The normalized spacial score (nSPS) is 26.2. The molecule has 1 saturated heterocycles. The molecule has 0 radical (unpaired) electrons. The van der Waals surface area contributed by atoms with Crippen molar-refractivity contribution in [1.29, 1.82) is 0 Å². The van der Waals surface area contributed by atoms with E-state index in [0.717, 1.165) is 25.3 Å². The zero-order valence-corrected chi connectivity index (χ0v) is 11.8. The van der Waals surface area contributed by atoms with Gasteiger partial charge in [0, 0.05) is 18.6 Å². The summed E-state index contributed by atoms with van der Waals surface area (Å²) in [6.45, 7) is 4.97. The lowest BCUT2D eigenvalue weighted by Crippen LogP contribution is -2.42. The van der Waals surface area contributed by atoms with E-state index in [1.807, 2.05) is 0 Å². The Kier molecular flexibility index (Phi) is 3.48. The van der Waals surface area contributed by atoms with E-state index in [9.17, 15) is 0 Å². The molecular formula is C14H23N3O2. The summed E-state index contributed by atoms with van der Waals surface area (Å²) in [5.41, 5.74) is 0.122. The van der Waals surface area contributed by atoms with E-state index >= 15 is 0 Å². The highest BCUT2D eigenvalue weighted by Gasteiger charge is 2.40. The summed E-state index contributed by atoms with van der Waals surface area (Å²) in [5.74, 6) is 1.07. The van der Waals surface area contributed by atoms with Gasteiger partial charge in [-0.15, -0.1) is 0 Å². The molecule has 1 saturated carbocycles. The maximum atomic E-state index is 6.03. The second-order valence-electron chi connectivity index (χ2n) is 6.19. The molecule has 0 amide bonds. The topological polar surface area (TPSA) is 60.2 Å². The van der Waals surface area contributed by atoms with Gasteiger partial charge in [0.25, 0.3) is 0 Å². The zero-order chi connectivity index (χ0) is 13.3. The molecule has 3 rings (SSSR count). The van der Waals surface area contributed by atoms with Crippen LogP contribution in [-0.2, 0) is 4.74 Å². The fraction of sp³-hybridized carbons (Fsp3) is 0.857. The molecule has 5 nitrogen and oxygen atoms in total. The molecule has 5 heteroatoms. The number of anilines is 1. The Labute approximate surface area is 114 Å². The summed E-state index contributed by atoms with van der Waals surface area (Å²) in [7, 11) is 0. The molecule has 2 aliphatic rings. The molecule has 1 unspecified atom stereocenters. The molecule has 106 valence electrons. The van der Waals surface area contributed by atoms with Gasteiger partial charge in [0.2, 0.25) is 0 Å². The van der Waals surface area contributed by atoms with Crippen molar-refractivity contribution in [1.82, 2.24) is 10.1 Å². The van der Waals surface area contributed by atoms with Crippen LogP contribution in [0.3, 0.4) is 0 Å². The molecule has 1 spiro atoms. The summed E-state index contributed by atoms with van der Waals surface area (Å²) < 4.78 is 11.3. The highest BCUT2D eigenvalue weighted by atomic mass is 16.5. The fourth-order valence-electron chi connectivity index (χ4n) is 3.22. The third kappa shape index (κ3) is 2.76. The van der Waals surface area contributed by atoms with Crippen molar-refractivity contribution in [2.24, 2.45) is 0 Å². The van der Waals surface area contributed by atoms with Gasteiger partial charge in [-0.2, -0.15) is 4.98 Å². The van der Waals surface area contributed by atoms with Gasteiger partial charge in [-0.05, 0) is 25.7 Å². The quantitative estimate of drug-likeness (QED) is 0.910. The molecule has 1 aromatic rings. The van der Waals surface area contributed by atoms with Gasteiger partial charge < -0.3 is 14.6 Å². The van der Waals surface area contributed by atoms with Gasteiger partial charge in [0.05, 0.1) is 5.60 Å². The number of rotatable bonds is 3. The lowest BCUT2D eigenvalue weighted by molar-refractivity contribution is -0.0769. The second-order valence-corrected chi connectivity index (χ2v) is 6.19. The Bertz CT molecular complexity index is 424. The van der Waals surface area contributed by atoms with E-state index < -0.39 is 0 Å². The van der Waals surface area contributed by atoms with E-state index in [0.29, 0.717) is 18.0 Å². The van der Waals surface area contributed by atoms with Gasteiger partial charge in [-0.25, -0.2) is 0 Å². The average Bonchev–Trinajstić information content (AvgIpc) is 3.00. The van der Waals surface area contributed by atoms with Crippen molar-refractivity contribution >= 4 is 6.01 Å². The largest absolute Gasteiger partial charge is 0.375 e. The SMILES string of the molecule is CC(C)c1noc(NC2CCOC3(CCCC3)C2)n1. The van der Waals surface area contributed by atoms with Crippen molar-refractivity contribution in [2.75, 3.05) is 11.9 Å². The van der Waals surface area contributed by atoms with Crippen LogP contribution in [0.2, 0.25) is 0 Å². The summed E-state index contributed by atoms with van der Waals surface area (Å²) in [5, 5.41) is 7.38. The van der Waals surface area contributed by atoms with Crippen LogP contribution in [0.1, 0.15) is 64.1 Å². The molecule has 19 heavy (non-hydrogen) atoms. The summed E-state index contributed by atoms with van der Waals surface area (Å²) in [6.07, 6.45) is 7.07. The summed E-state index contributed by atoms with van der Waals surface area (Å²) in [6, 6.07) is 0.955. The average molecular weight is 265 g/mol. The number of aromatic nitrogens is 2. The Morgan fingerprint density at radius 1 is 1.32 bits per heavy atom. The van der Waals surface area contributed by atoms with Gasteiger partial charge in [-0.1, -0.05) is 31.8 Å². The molecule has 1 aliphatic carbocycles. The molecule has 0 bridgehead atoms. The van der Waals surface area contributed by atoms with Crippen LogP contribution >= 0.6 is 0 Å². The number of nitrogens with one attached hydrogen (secondary N) is 1. The molecule has 1 atom stereocenters. The zero-order valence-electron chi connectivity index (χ0n) is 11.8. The first kappa shape index (κ1) is 12.9. The van der Waals surface area contributed by atoms with Crippen LogP contribution in [0.25, 0.3) is 0 Å². The van der Waals surface area contributed by atoms with E-state index in [2.05, 4.69) is 29.3 Å². The predicted octanol–water partition coefficient (Wildman–Crippen LogP) is 3.10. The summed E-state index contributed by atoms with van der Waals surface area (Å²) in [4.78, 5) is 4.39. The third-order valence-corrected chi connectivity index (χ3v) is 4.29. The highest BCUT2D eigenvalue weighted by molar-refractivity contribution is 5.22. The fourth-order valence-corrected chi connectivity index (χ4v) is 3.22. The minimum atomic E-state index is 0.122. The minimum absolute atomic E-state index is 0.122. The first-order valence-electron chi connectivity index (χ1n) is 7.41. The number of hydrogen-bond acceptors (Lipinski definition) is 5. The van der Waals surface area contributed by atoms with Crippen molar-refractivity contribution in [3.05, 3.63) is 5.82 Å². The van der Waals surface area contributed by atoms with Crippen molar-refractivity contribution in [2.45, 2.75) is 69.9 Å². The van der Waals surface area contributed by atoms with Crippen molar-refractivity contribution in [3.63, 3.8) is 0 Å². The van der Waals surface area contributed by atoms with Crippen molar-refractivity contribution < 1.29 is 9.26 Å². The van der Waals surface area contributed by atoms with Gasteiger partial charge in [0.1, 0.15) is 0 Å².